The van der Waals surface area contributed by atoms with Gasteiger partial charge in [-0.1, -0.05) is 28.9 Å². The van der Waals surface area contributed by atoms with Gasteiger partial charge < -0.3 is 10.5 Å². The molecule has 0 atom stereocenters. The number of carbonyl (C=O) groups is 1. The maximum absolute atomic E-state index is 12.4. The summed E-state index contributed by atoms with van der Waals surface area (Å²) in [6.07, 6.45) is 1.45. The molecule has 26 heavy (non-hydrogen) atoms. The predicted octanol–water partition coefficient (Wildman–Crippen LogP) is 0.796. The average molecular weight is 377 g/mol. The Kier molecular flexibility index (Phi) is 5.20. The second-order valence-corrected chi connectivity index (χ2v) is 5.39. The minimum atomic E-state index is -0.586. The molecule has 0 unspecified atom stereocenters. The summed E-state index contributed by atoms with van der Waals surface area (Å²) in [6, 6.07) is 6.99. The van der Waals surface area contributed by atoms with Gasteiger partial charge in [-0.05, 0) is 28.0 Å². The van der Waals surface area contributed by atoms with Crippen LogP contribution in [0.25, 0.3) is 5.82 Å². The molecule has 3 aromatic rings. The molecule has 0 aliphatic heterocycles. The average Bonchev–Trinajstić information content (AvgIpc) is 3.21. The number of methoxy groups -OCH3 is 1. The van der Waals surface area contributed by atoms with Crippen LogP contribution in [0.1, 0.15) is 21.7 Å². The number of carbonyl (C=O) groups excluding carboxylic acids is 1. The first-order valence-corrected chi connectivity index (χ1v) is 7.59. The molecule has 0 spiro atoms. The number of nitrogens with one attached hydrogen (secondary N) is 1. The van der Waals surface area contributed by atoms with Crippen molar-refractivity contribution in [2.75, 3.05) is 12.8 Å². The summed E-state index contributed by atoms with van der Waals surface area (Å²) in [5.74, 6) is -0.485. The number of nitrogens with zero attached hydrogens (tertiary/aromatic N) is 6. The van der Waals surface area contributed by atoms with Gasteiger partial charge >= 0.3 is 0 Å². The fourth-order valence-electron chi connectivity index (χ4n) is 2.06. The van der Waals surface area contributed by atoms with Crippen LogP contribution in [0, 0.1) is 0 Å². The van der Waals surface area contributed by atoms with Crippen molar-refractivity contribution in [3.05, 3.63) is 46.2 Å². The number of nitrogens with two attached hydrogens (primary N) is 1. The summed E-state index contributed by atoms with van der Waals surface area (Å²) < 4.78 is 10.8. The zero-order valence-electron chi connectivity index (χ0n) is 13.5. The summed E-state index contributed by atoms with van der Waals surface area (Å²) in [4.78, 5) is 12.4. The molecule has 1 amide bonds. The van der Waals surface area contributed by atoms with Crippen LogP contribution in [0.15, 0.2) is 34.0 Å². The van der Waals surface area contributed by atoms with Crippen LogP contribution in [0.4, 0.5) is 5.82 Å². The Labute approximate surface area is 151 Å². The molecule has 0 aliphatic carbocycles. The minimum absolute atomic E-state index is 0.00168. The van der Waals surface area contributed by atoms with Gasteiger partial charge in [-0.2, -0.15) is 9.78 Å². The lowest BCUT2D eigenvalue weighted by Crippen LogP contribution is -2.20. The fourth-order valence-corrected chi connectivity index (χ4v) is 2.26. The van der Waals surface area contributed by atoms with Crippen molar-refractivity contribution >= 4 is 29.5 Å². The number of halogens is 1. The van der Waals surface area contributed by atoms with Gasteiger partial charge in [0, 0.05) is 12.1 Å². The van der Waals surface area contributed by atoms with Gasteiger partial charge in [0.15, 0.2) is 5.69 Å². The van der Waals surface area contributed by atoms with E-state index in [1.807, 2.05) is 0 Å². The van der Waals surface area contributed by atoms with Crippen molar-refractivity contribution in [2.24, 2.45) is 5.10 Å². The van der Waals surface area contributed by atoms with E-state index in [0.717, 1.165) is 5.56 Å². The second kappa shape index (κ2) is 7.72. The maximum Gasteiger partial charge on any atom is 0.293 e. The summed E-state index contributed by atoms with van der Waals surface area (Å²) in [6.45, 7) is 0.0278. The molecular weight excluding hydrogens is 364 g/mol. The predicted molar refractivity (Wildman–Crippen MR) is 90.9 cm³/mol. The Bertz CT molecular complexity index is 951. The molecule has 3 N–H and O–H groups in total. The van der Waals surface area contributed by atoms with E-state index in [0.29, 0.717) is 10.7 Å². The third kappa shape index (κ3) is 3.68. The quantitative estimate of drug-likeness (QED) is 0.474. The molecule has 1 aromatic carbocycles. The van der Waals surface area contributed by atoms with E-state index in [2.05, 4.69) is 35.8 Å². The van der Waals surface area contributed by atoms with Crippen molar-refractivity contribution in [2.45, 2.75) is 6.61 Å². The molecule has 134 valence electrons. The number of nitrogen functional groups attached to an aromatic ring is 1. The number of hydrogen-bond acceptors (Lipinski definition) is 9. The highest BCUT2D eigenvalue weighted by Gasteiger charge is 2.23. The molecule has 0 saturated heterocycles. The fraction of sp³-hybridized carbons (Fsp3) is 0.143. The van der Waals surface area contributed by atoms with E-state index >= 15 is 0 Å². The molecule has 2 aromatic heterocycles. The second-order valence-electron chi connectivity index (χ2n) is 4.96. The van der Waals surface area contributed by atoms with Crippen LogP contribution in [0.3, 0.4) is 0 Å². The molecule has 2 heterocycles. The largest absolute Gasteiger partial charge is 0.378 e. The topological polar surface area (TPSA) is 146 Å². The van der Waals surface area contributed by atoms with E-state index in [1.165, 1.54) is 18.0 Å². The van der Waals surface area contributed by atoms with E-state index in [9.17, 15) is 4.79 Å². The van der Waals surface area contributed by atoms with Crippen molar-refractivity contribution in [1.82, 2.24) is 30.7 Å². The lowest BCUT2D eigenvalue weighted by atomic mass is 10.2. The van der Waals surface area contributed by atoms with E-state index in [-0.39, 0.29) is 23.9 Å². The first kappa shape index (κ1) is 17.5. The van der Waals surface area contributed by atoms with Gasteiger partial charge in [-0.3, -0.25) is 4.79 Å². The van der Waals surface area contributed by atoms with Gasteiger partial charge in [0.2, 0.25) is 11.6 Å². The molecule has 0 fully saturated rings. The number of aromatic nitrogens is 5. The Balaban J connectivity index is 1.81. The molecule has 0 bridgehead atoms. The van der Waals surface area contributed by atoms with Crippen LogP contribution >= 0.6 is 11.6 Å². The molecule has 11 nitrogen and oxygen atoms in total. The molecule has 3 rings (SSSR count). The summed E-state index contributed by atoms with van der Waals surface area (Å²) >= 11 is 5.89. The van der Waals surface area contributed by atoms with Gasteiger partial charge in [-0.25, -0.2) is 10.1 Å². The normalized spacial score (nSPS) is 11.2. The number of hydrogen-bond donors (Lipinski definition) is 2. The van der Waals surface area contributed by atoms with Crippen molar-refractivity contribution in [3.63, 3.8) is 0 Å². The van der Waals surface area contributed by atoms with Crippen molar-refractivity contribution in [3.8, 4) is 5.82 Å². The first-order valence-electron chi connectivity index (χ1n) is 7.21. The Morgan fingerprint density at radius 2 is 2.35 bits per heavy atom. The molecule has 0 radical (unpaired) electrons. The Morgan fingerprint density at radius 3 is 3.04 bits per heavy atom. The standard InChI is InChI=1S/C14H13ClN8O3/c1-25-7-10-11(18-22-23(10)13-12(16)20-26-21-13)14(24)19-17-6-8-3-2-4-9(15)5-8/h2-6H,7H2,1H3,(H2,16,20)(H,19,24)/b17-6-. The zero-order valence-corrected chi connectivity index (χ0v) is 14.2. The lowest BCUT2D eigenvalue weighted by molar-refractivity contribution is 0.0944. The van der Waals surface area contributed by atoms with E-state index < -0.39 is 5.91 Å². The van der Waals surface area contributed by atoms with Crippen LogP contribution < -0.4 is 11.2 Å². The highest BCUT2D eigenvalue weighted by Crippen LogP contribution is 2.16. The SMILES string of the molecule is COCc1c(C(=O)N/N=C\c2cccc(Cl)c2)nnn1-c1nonc1N. The minimum Gasteiger partial charge on any atom is -0.378 e. The summed E-state index contributed by atoms with van der Waals surface area (Å²) in [5, 5.41) is 19.2. The number of anilines is 1. The van der Waals surface area contributed by atoms with Gasteiger partial charge in [0.25, 0.3) is 5.91 Å². The van der Waals surface area contributed by atoms with Crippen LogP contribution in [0.5, 0.6) is 0 Å². The van der Waals surface area contributed by atoms with Gasteiger partial charge in [-0.15, -0.1) is 5.10 Å². The van der Waals surface area contributed by atoms with Crippen LogP contribution in [-0.2, 0) is 11.3 Å². The Morgan fingerprint density at radius 1 is 1.50 bits per heavy atom. The lowest BCUT2D eigenvalue weighted by Gasteiger charge is -2.03. The van der Waals surface area contributed by atoms with E-state index in [4.69, 9.17) is 22.1 Å². The van der Waals surface area contributed by atoms with Gasteiger partial charge in [0.1, 0.15) is 5.69 Å². The number of rotatable bonds is 6. The summed E-state index contributed by atoms with van der Waals surface area (Å²) in [7, 11) is 1.46. The summed E-state index contributed by atoms with van der Waals surface area (Å²) in [5.41, 5.74) is 9.04. The maximum atomic E-state index is 12.4. The van der Waals surface area contributed by atoms with Gasteiger partial charge in [0.05, 0.1) is 12.8 Å². The van der Waals surface area contributed by atoms with Crippen molar-refractivity contribution < 1.29 is 14.2 Å². The van der Waals surface area contributed by atoms with E-state index in [1.54, 1.807) is 24.3 Å². The third-order valence-corrected chi connectivity index (χ3v) is 3.42. The van der Waals surface area contributed by atoms with Crippen molar-refractivity contribution in [1.29, 1.82) is 0 Å². The molecular formula is C14H13ClN8O3. The number of benzene rings is 1. The third-order valence-electron chi connectivity index (χ3n) is 3.18. The smallest absolute Gasteiger partial charge is 0.293 e. The number of ether oxygens (including phenoxy) is 1. The highest BCUT2D eigenvalue weighted by atomic mass is 35.5. The Hall–Kier alpha value is -3.31. The number of amides is 1. The van der Waals surface area contributed by atoms with Crippen LogP contribution in [0.2, 0.25) is 5.02 Å². The number of hydrazone groups is 1. The first-order chi connectivity index (χ1) is 12.6. The molecule has 12 heteroatoms. The molecule has 0 aliphatic rings. The molecule has 0 saturated carbocycles. The van der Waals surface area contributed by atoms with Crippen LogP contribution in [-0.4, -0.2) is 44.5 Å². The monoisotopic (exact) mass is 376 g/mol. The zero-order chi connectivity index (χ0) is 18.5. The highest BCUT2D eigenvalue weighted by molar-refractivity contribution is 6.30.